The van der Waals surface area contributed by atoms with E-state index < -0.39 is 17.7 Å². The van der Waals surface area contributed by atoms with Crippen molar-refractivity contribution in [3.63, 3.8) is 0 Å². The van der Waals surface area contributed by atoms with Crippen LogP contribution >= 0.6 is 0 Å². The molecule has 1 heterocycles. The third-order valence-electron chi connectivity index (χ3n) is 4.93. The van der Waals surface area contributed by atoms with Gasteiger partial charge in [-0.25, -0.2) is 0 Å². The summed E-state index contributed by atoms with van der Waals surface area (Å²) in [6, 6.07) is 4.82. The summed E-state index contributed by atoms with van der Waals surface area (Å²) in [6.45, 7) is 0.124. The van der Waals surface area contributed by atoms with E-state index in [0.29, 0.717) is 0 Å². The number of alkyl halides is 3. The van der Waals surface area contributed by atoms with Crippen molar-refractivity contribution in [1.29, 1.82) is 0 Å². The standard InChI is InChI=1S/C18H21F3N2O2/c19-18(20,21)13-5-4-8-15(10-13)23-11-12(9-16(23)24)17(25)22-14-6-2-1-3-7-14/h4-5,8,10,12,14H,1-3,6-7,9,11H2,(H,22,25). The third-order valence-corrected chi connectivity index (χ3v) is 4.93. The summed E-state index contributed by atoms with van der Waals surface area (Å²) in [7, 11) is 0. The summed E-state index contributed by atoms with van der Waals surface area (Å²) in [4.78, 5) is 25.9. The first-order valence-electron chi connectivity index (χ1n) is 8.62. The van der Waals surface area contributed by atoms with Crippen molar-refractivity contribution in [1.82, 2.24) is 5.32 Å². The number of carbonyl (C=O) groups is 2. The zero-order chi connectivity index (χ0) is 18.0. The number of rotatable bonds is 3. The van der Waals surface area contributed by atoms with Crippen LogP contribution in [0.4, 0.5) is 18.9 Å². The highest BCUT2D eigenvalue weighted by Crippen LogP contribution is 2.33. The number of hydrogen-bond donors (Lipinski definition) is 1. The molecule has 0 spiro atoms. The first-order chi connectivity index (χ1) is 11.8. The number of carbonyl (C=O) groups excluding carboxylic acids is 2. The topological polar surface area (TPSA) is 49.4 Å². The zero-order valence-electron chi connectivity index (χ0n) is 13.8. The Morgan fingerprint density at radius 1 is 1.16 bits per heavy atom. The Hall–Kier alpha value is -2.05. The fraction of sp³-hybridized carbons (Fsp3) is 0.556. The van der Waals surface area contributed by atoms with E-state index in [1.807, 2.05) is 0 Å². The molecule has 1 aromatic carbocycles. The van der Waals surface area contributed by atoms with Crippen LogP contribution in [-0.2, 0) is 15.8 Å². The molecule has 2 fully saturated rings. The molecule has 1 atom stereocenters. The first kappa shape index (κ1) is 17.8. The lowest BCUT2D eigenvalue weighted by molar-refractivity contribution is -0.137. The summed E-state index contributed by atoms with van der Waals surface area (Å²) < 4.78 is 38.5. The summed E-state index contributed by atoms with van der Waals surface area (Å²) in [5.41, 5.74) is -0.610. The Morgan fingerprint density at radius 3 is 2.56 bits per heavy atom. The fourth-order valence-electron chi connectivity index (χ4n) is 3.55. The Balaban J connectivity index is 1.67. The molecule has 7 heteroatoms. The van der Waals surface area contributed by atoms with Crippen LogP contribution in [0.5, 0.6) is 0 Å². The van der Waals surface area contributed by atoms with E-state index in [2.05, 4.69) is 5.32 Å². The number of anilines is 1. The Morgan fingerprint density at radius 2 is 1.88 bits per heavy atom. The highest BCUT2D eigenvalue weighted by molar-refractivity contribution is 6.00. The lowest BCUT2D eigenvalue weighted by Gasteiger charge is -2.24. The maximum atomic E-state index is 12.8. The van der Waals surface area contributed by atoms with Gasteiger partial charge in [0.25, 0.3) is 0 Å². The van der Waals surface area contributed by atoms with Crippen LogP contribution in [-0.4, -0.2) is 24.4 Å². The predicted molar refractivity (Wildman–Crippen MR) is 86.9 cm³/mol. The molecule has 4 nitrogen and oxygen atoms in total. The number of amides is 2. The number of nitrogens with zero attached hydrogens (tertiary/aromatic N) is 1. The van der Waals surface area contributed by atoms with Crippen molar-refractivity contribution < 1.29 is 22.8 Å². The second-order valence-electron chi connectivity index (χ2n) is 6.80. The van der Waals surface area contributed by atoms with Gasteiger partial charge in [-0.2, -0.15) is 13.2 Å². The third kappa shape index (κ3) is 4.14. The van der Waals surface area contributed by atoms with Gasteiger partial charge in [0.1, 0.15) is 0 Å². The monoisotopic (exact) mass is 354 g/mol. The lowest BCUT2D eigenvalue weighted by Crippen LogP contribution is -2.40. The van der Waals surface area contributed by atoms with Gasteiger partial charge in [0.2, 0.25) is 11.8 Å². The molecule has 2 aliphatic rings. The van der Waals surface area contributed by atoms with Gasteiger partial charge in [0.15, 0.2) is 0 Å². The molecule has 25 heavy (non-hydrogen) atoms. The van der Waals surface area contributed by atoms with E-state index in [9.17, 15) is 22.8 Å². The second-order valence-corrected chi connectivity index (χ2v) is 6.80. The predicted octanol–water partition coefficient (Wildman–Crippen LogP) is 3.51. The molecule has 3 rings (SSSR count). The Kier molecular flexibility index (Phi) is 5.01. The smallest absolute Gasteiger partial charge is 0.353 e. The van der Waals surface area contributed by atoms with Crippen molar-refractivity contribution in [3.8, 4) is 0 Å². The fourth-order valence-corrected chi connectivity index (χ4v) is 3.55. The number of hydrogen-bond acceptors (Lipinski definition) is 2. The molecule has 1 aliphatic carbocycles. The second kappa shape index (κ2) is 7.06. The Labute approximate surface area is 144 Å². The summed E-state index contributed by atoms with van der Waals surface area (Å²) >= 11 is 0. The molecule has 1 saturated heterocycles. The SMILES string of the molecule is O=C(NC1CCCCC1)C1CC(=O)N(c2cccc(C(F)(F)F)c2)C1. The van der Waals surface area contributed by atoms with Crippen LogP contribution in [0, 0.1) is 5.92 Å². The average molecular weight is 354 g/mol. The molecule has 1 unspecified atom stereocenters. The molecule has 1 aromatic rings. The summed E-state index contributed by atoms with van der Waals surface area (Å²) in [5.74, 6) is -0.998. The van der Waals surface area contributed by atoms with Crippen LogP contribution in [0.2, 0.25) is 0 Å². The number of halogens is 3. The molecule has 0 bridgehead atoms. The van der Waals surface area contributed by atoms with Crippen molar-refractivity contribution in [2.75, 3.05) is 11.4 Å². The molecule has 0 aromatic heterocycles. The Bertz CT molecular complexity index is 654. The molecule has 136 valence electrons. The quantitative estimate of drug-likeness (QED) is 0.903. The molecule has 1 saturated carbocycles. The maximum Gasteiger partial charge on any atom is 0.416 e. The largest absolute Gasteiger partial charge is 0.416 e. The molecule has 1 N–H and O–H groups in total. The molecule has 2 amide bonds. The minimum atomic E-state index is -4.46. The minimum absolute atomic E-state index is 0.0365. The van der Waals surface area contributed by atoms with Gasteiger partial charge < -0.3 is 10.2 Å². The number of benzene rings is 1. The maximum absolute atomic E-state index is 12.8. The van der Waals surface area contributed by atoms with Crippen molar-refractivity contribution in [3.05, 3.63) is 29.8 Å². The molecule has 1 aliphatic heterocycles. The van der Waals surface area contributed by atoms with E-state index in [1.165, 1.54) is 23.5 Å². The van der Waals surface area contributed by atoms with Crippen molar-refractivity contribution in [2.24, 2.45) is 5.92 Å². The van der Waals surface area contributed by atoms with Crippen LogP contribution in [0.1, 0.15) is 44.1 Å². The van der Waals surface area contributed by atoms with Gasteiger partial charge in [-0.3, -0.25) is 9.59 Å². The minimum Gasteiger partial charge on any atom is -0.353 e. The molecular formula is C18H21F3N2O2. The normalized spacial score (nSPS) is 22.3. The van der Waals surface area contributed by atoms with Gasteiger partial charge in [0, 0.05) is 24.7 Å². The summed E-state index contributed by atoms with van der Waals surface area (Å²) in [5, 5.41) is 2.99. The van der Waals surface area contributed by atoms with Crippen LogP contribution < -0.4 is 10.2 Å². The van der Waals surface area contributed by atoms with E-state index in [0.717, 1.165) is 37.8 Å². The van der Waals surface area contributed by atoms with Gasteiger partial charge in [0.05, 0.1) is 11.5 Å². The summed E-state index contributed by atoms with van der Waals surface area (Å²) in [6.07, 6.45) is 0.826. The van der Waals surface area contributed by atoms with Crippen LogP contribution in [0.3, 0.4) is 0 Å². The highest BCUT2D eigenvalue weighted by Gasteiger charge is 2.37. The first-order valence-corrected chi connectivity index (χ1v) is 8.62. The lowest BCUT2D eigenvalue weighted by atomic mass is 9.95. The number of nitrogens with one attached hydrogen (secondary N) is 1. The van der Waals surface area contributed by atoms with Crippen LogP contribution in [0.15, 0.2) is 24.3 Å². The molecule has 0 radical (unpaired) electrons. The van der Waals surface area contributed by atoms with Crippen LogP contribution in [0.25, 0.3) is 0 Å². The van der Waals surface area contributed by atoms with Gasteiger partial charge >= 0.3 is 6.18 Å². The van der Waals surface area contributed by atoms with Gasteiger partial charge in [-0.1, -0.05) is 25.3 Å². The van der Waals surface area contributed by atoms with E-state index in [-0.39, 0.29) is 36.5 Å². The van der Waals surface area contributed by atoms with Gasteiger partial charge in [-0.05, 0) is 31.0 Å². The molecular weight excluding hydrogens is 333 g/mol. The van der Waals surface area contributed by atoms with E-state index in [4.69, 9.17) is 0 Å². The zero-order valence-corrected chi connectivity index (χ0v) is 13.8. The van der Waals surface area contributed by atoms with Crippen molar-refractivity contribution >= 4 is 17.5 Å². The van der Waals surface area contributed by atoms with Gasteiger partial charge in [-0.15, -0.1) is 0 Å². The van der Waals surface area contributed by atoms with Crippen molar-refractivity contribution in [2.45, 2.75) is 50.7 Å². The van der Waals surface area contributed by atoms with E-state index >= 15 is 0 Å². The average Bonchev–Trinajstić information content (AvgIpc) is 2.97. The van der Waals surface area contributed by atoms with E-state index in [1.54, 1.807) is 0 Å². The highest BCUT2D eigenvalue weighted by atomic mass is 19.4.